The lowest BCUT2D eigenvalue weighted by atomic mass is 10.0. The standard InChI is InChI=1S/C9H21N/c1-4-9(2)7-5-6-8-10-3/h9-10H,4-8H2,1-3H3/t9-/m0/s1. The van der Waals surface area contributed by atoms with Gasteiger partial charge >= 0.3 is 0 Å². The Bertz CT molecular complexity index is 61.7. The predicted octanol–water partition coefficient (Wildman–Crippen LogP) is 2.42. The van der Waals surface area contributed by atoms with Gasteiger partial charge in [0.25, 0.3) is 0 Å². The average Bonchev–Trinajstić information content (AvgIpc) is 1.98. The van der Waals surface area contributed by atoms with Crippen molar-refractivity contribution in [3.05, 3.63) is 0 Å². The van der Waals surface area contributed by atoms with Gasteiger partial charge in [-0.25, -0.2) is 0 Å². The topological polar surface area (TPSA) is 12.0 Å². The van der Waals surface area contributed by atoms with Crippen molar-refractivity contribution in [3.8, 4) is 0 Å². The Labute approximate surface area is 65.2 Å². The summed E-state index contributed by atoms with van der Waals surface area (Å²) in [4.78, 5) is 0. The molecule has 1 atom stereocenters. The highest BCUT2D eigenvalue weighted by Gasteiger charge is 1.96. The van der Waals surface area contributed by atoms with Crippen molar-refractivity contribution in [2.24, 2.45) is 5.92 Å². The predicted molar refractivity (Wildman–Crippen MR) is 47.2 cm³/mol. The molecule has 0 unspecified atom stereocenters. The quantitative estimate of drug-likeness (QED) is 0.563. The zero-order valence-corrected chi connectivity index (χ0v) is 7.61. The third-order valence-electron chi connectivity index (χ3n) is 2.07. The Kier molecular flexibility index (Phi) is 7.04. The molecule has 0 saturated carbocycles. The van der Waals surface area contributed by atoms with E-state index in [4.69, 9.17) is 0 Å². The maximum atomic E-state index is 3.16. The third kappa shape index (κ3) is 6.09. The zero-order chi connectivity index (χ0) is 7.82. The summed E-state index contributed by atoms with van der Waals surface area (Å²) >= 11 is 0. The number of hydrogen-bond donors (Lipinski definition) is 1. The van der Waals surface area contributed by atoms with Crippen LogP contribution in [0.15, 0.2) is 0 Å². The molecule has 0 aromatic heterocycles. The highest BCUT2D eigenvalue weighted by Crippen LogP contribution is 2.09. The first-order chi connectivity index (χ1) is 4.81. The zero-order valence-electron chi connectivity index (χ0n) is 7.61. The molecule has 0 bridgehead atoms. The van der Waals surface area contributed by atoms with Gasteiger partial charge in [0, 0.05) is 0 Å². The van der Waals surface area contributed by atoms with E-state index >= 15 is 0 Å². The number of nitrogens with one attached hydrogen (secondary N) is 1. The minimum atomic E-state index is 0.928. The second-order valence-electron chi connectivity index (χ2n) is 3.11. The smallest absolute Gasteiger partial charge is 0.00519 e. The SMILES string of the molecule is CC[C@H](C)CCCCNC. The van der Waals surface area contributed by atoms with E-state index in [1.54, 1.807) is 0 Å². The number of rotatable bonds is 6. The van der Waals surface area contributed by atoms with Gasteiger partial charge in [0.15, 0.2) is 0 Å². The second kappa shape index (κ2) is 7.07. The van der Waals surface area contributed by atoms with E-state index in [0.717, 1.165) is 5.92 Å². The summed E-state index contributed by atoms with van der Waals surface area (Å²) in [6.45, 7) is 5.78. The van der Waals surface area contributed by atoms with E-state index in [-0.39, 0.29) is 0 Å². The molecular formula is C9H21N. The van der Waals surface area contributed by atoms with Crippen LogP contribution in [0.4, 0.5) is 0 Å². The lowest BCUT2D eigenvalue weighted by Gasteiger charge is -2.06. The Morgan fingerprint density at radius 2 is 2.00 bits per heavy atom. The summed E-state index contributed by atoms with van der Waals surface area (Å²) in [5.41, 5.74) is 0. The molecule has 0 aromatic carbocycles. The number of hydrogen-bond acceptors (Lipinski definition) is 1. The second-order valence-corrected chi connectivity index (χ2v) is 3.11. The van der Waals surface area contributed by atoms with Crippen LogP contribution >= 0.6 is 0 Å². The van der Waals surface area contributed by atoms with Crippen LogP contribution < -0.4 is 5.32 Å². The average molecular weight is 143 g/mol. The first-order valence-electron chi connectivity index (χ1n) is 4.45. The van der Waals surface area contributed by atoms with Gasteiger partial charge in [0.05, 0.1) is 0 Å². The summed E-state index contributed by atoms with van der Waals surface area (Å²) in [5.74, 6) is 0.928. The Balaban J connectivity index is 2.89. The van der Waals surface area contributed by atoms with Crippen molar-refractivity contribution >= 4 is 0 Å². The van der Waals surface area contributed by atoms with Crippen molar-refractivity contribution in [1.82, 2.24) is 5.32 Å². The van der Waals surface area contributed by atoms with Gasteiger partial charge < -0.3 is 5.32 Å². The van der Waals surface area contributed by atoms with Crippen LogP contribution in [0, 0.1) is 5.92 Å². The maximum Gasteiger partial charge on any atom is -0.00519 e. The summed E-state index contributed by atoms with van der Waals surface area (Å²) in [5, 5.41) is 3.16. The highest BCUT2D eigenvalue weighted by molar-refractivity contribution is 4.51. The van der Waals surface area contributed by atoms with E-state index in [1.807, 2.05) is 7.05 Å². The van der Waals surface area contributed by atoms with E-state index in [1.165, 1.54) is 32.2 Å². The van der Waals surface area contributed by atoms with Gasteiger partial charge in [0.1, 0.15) is 0 Å². The fraction of sp³-hybridized carbons (Fsp3) is 1.00. The maximum absolute atomic E-state index is 3.16. The minimum Gasteiger partial charge on any atom is -0.320 e. The van der Waals surface area contributed by atoms with Gasteiger partial charge in [0.2, 0.25) is 0 Å². The van der Waals surface area contributed by atoms with Crippen molar-refractivity contribution < 1.29 is 0 Å². The summed E-state index contributed by atoms with van der Waals surface area (Å²) < 4.78 is 0. The Morgan fingerprint density at radius 3 is 2.50 bits per heavy atom. The summed E-state index contributed by atoms with van der Waals surface area (Å²) in [6, 6.07) is 0. The Hall–Kier alpha value is -0.0400. The molecule has 10 heavy (non-hydrogen) atoms. The van der Waals surface area contributed by atoms with Crippen LogP contribution in [-0.2, 0) is 0 Å². The lowest BCUT2D eigenvalue weighted by molar-refractivity contribution is 0.481. The van der Waals surface area contributed by atoms with Crippen LogP contribution in [0.5, 0.6) is 0 Å². The molecule has 1 nitrogen and oxygen atoms in total. The molecule has 0 rings (SSSR count). The molecule has 0 fully saturated rings. The fourth-order valence-electron chi connectivity index (χ4n) is 0.999. The van der Waals surface area contributed by atoms with Gasteiger partial charge in [-0.3, -0.25) is 0 Å². The molecule has 0 aliphatic heterocycles. The van der Waals surface area contributed by atoms with Crippen LogP contribution in [-0.4, -0.2) is 13.6 Å². The molecule has 0 aromatic rings. The molecule has 0 aliphatic rings. The lowest BCUT2D eigenvalue weighted by Crippen LogP contribution is -2.07. The minimum absolute atomic E-state index is 0.928. The van der Waals surface area contributed by atoms with Crippen LogP contribution in [0.1, 0.15) is 39.5 Å². The van der Waals surface area contributed by atoms with Gasteiger partial charge in [-0.15, -0.1) is 0 Å². The molecule has 0 saturated heterocycles. The molecule has 1 N–H and O–H groups in total. The fourth-order valence-corrected chi connectivity index (χ4v) is 0.999. The van der Waals surface area contributed by atoms with Crippen LogP contribution in [0.25, 0.3) is 0 Å². The normalized spacial score (nSPS) is 13.5. The van der Waals surface area contributed by atoms with E-state index < -0.39 is 0 Å². The van der Waals surface area contributed by atoms with Crippen LogP contribution in [0.3, 0.4) is 0 Å². The largest absolute Gasteiger partial charge is 0.320 e. The molecule has 62 valence electrons. The molecule has 0 heterocycles. The van der Waals surface area contributed by atoms with Gasteiger partial charge in [-0.1, -0.05) is 33.1 Å². The highest BCUT2D eigenvalue weighted by atomic mass is 14.8. The monoisotopic (exact) mass is 143 g/mol. The summed E-state index contributed by atoms with van der Waals surface area (Å²) in [7, 11) is 2.02. The molecule has 0 aliphatic carbocycles. The first-order valence-corrected chi connectivity index (χ1v) is 4.45. The molecular weight excluding hydrogens is 122 g/mol. The molecule has 0 radical (unpaired) electrons. The van der Waals surface area contributed by atoms with E-state index in [0.29, 0.717) is 0 Å². The van der Waals surface area contributed by atoms with Gasteiger partial charge in [-0.05, 0) is 25.9 Å². The van der Waals surface area contributed by atoms with Crippen molar-refractivity contribution in [2.45, 2.75) is 39.5 Å². The van der Waals surface area contributed by atoms with Gasteiger partial charge in [-0.2, -0.15) is 0 Å². The molecule has 0 amide bonds. The Morgan fingerprint density at radius 1 is 1.30 bits per heavy atom. The molecule has 0 spiro atoms. The summed E-state index contributed by atoms with van der Waals surface area (Å²) in [6.07, 6.45) is 5.45. The van der Waals surface area contributed by atoms with Crippen molar-refractivity contribution in [3.63, 3.8) is 0 Å². The van der Waals surface area contributed by atoms with E-state index in [9.17, 15) is 0 Å². The first kappa shape index (κ1) is 9.96. The number of unbranched alkanes of at least 4 members (excludes halogenated alkanes) is 1. The van der Waals surface area contributed by atoms with E-state index in [2.05, 4.69) is 19.2 Å². The third-order valence-corrected chi connectivity index (χ3v) is 2.07. The van der Waals surface area contributed by atoms with Crippen LogP contribution in [0.2, 0.25) is 0 Å². The van der Waals surface area contributed by atoms with Crippen molar-refractivity contribution in [1.29, 1.82) is 0 Å². The molecule has 1 heteroatoms. The van der Waals surface area contributed by atoms with Crippen molar-refractivity contribution in [2.75, 3.05) is 13.6 Å².